The Morgan fingerprint density at radius 3 is 3.05 bits per heavy atom. The molecule has 0 radical (unpaired) electrons. The lowest BCUT2D eigenvalue weighted by Gasteiger charge is -2.23. The molecule has 2 rings (SSSR count). The normalized spacial score (nSPS) is 18.6. The van der Waals surface area contributed by atoms with E-state index in [0.29, 0.717) is 17.9 Å². The molecule has 0 spiro atoms. The van der Waals surface area contributed by atoms with E-state index in [1.54, 1.807) is 19.1 Å². The third-order valence-electron chi connectivity index (χ3n) is 3.36. The van der Waals surface area contributed by atoms with Crippen LogP contribution in [0.4, 0.5) is 11.4 Å². The molecule has 1 fully saturated rings. The monoisotopic (exact) mass is 278 g/mol. The fourth-order valence-corrected chi connectivity index (χ4v) is 2.25. The van der Waals surface area contributed by atoms with Crippen LogP contribution in [0.5, 0.6) is 0 Å². The summed E-state index contributed by atoms with van der Waals surface area (Å²) in [6.45, 7) is 3.69. The largest absolute Gasteiger partial charge is 0.462 e. The molecule has 1 aromatic rings. The Balaban J connectivity index is 1.97. The second-order valence-corrected chi connectivity index (χ2v) is 4.89. The van der Waals surface area contributed by atoms with Gasteiger partial charge in [0, 0.05) is 24.5 Å². The van der Waals surface area contributed by atoms with Crippen LogP contribution in [0, 0.1) is 0 Å². The van der Waals surface area contributed by atoms with Gasteiger partial charge in [-0.3, -0.25) is 0 Å². The van der Waals surface area contributed by atoms with Gasteiger partial charge in [0.25, 0.3) is 0 Å². The van der Waals surface area contributed by atoms with Crippen molar-refractivity contribution in [3.05, 3.63) is 23.8 Å². The van der Waals surface area contributed by atoms with Crippen LogP contribution < -0.4 is 11.1 Å². The third-order valence-corrected chi connectivity index (χ3v) is 3.36. The lowest BCUT2D eigenvalue weighted by atomic mass is 10.1. The van der Waals surface area contributed by atoms with Gasteiger partial charge in [0.1, 0.15) is 0 Å². The molecular formula is C15H22N2O3. The van der Waals surface area contributed by atoms with Crippen molar-refractivity contribution in [2.75, 3.05) is 30.8 Å². The predicted molar refractivity (Wildman–Crippen MR) is 78.9 cm³/mol. The highest BCUT2D eigenvalue weighted by atomic mass is 16.5. The maximum Gasteiger partial charge on any atom is 0.340 e. The van der Waals surface area contributed by atoms with E-state index in [1.807, 2.05) is 6.07 Å². The molecule has 1 unspecified atom stereocenters. The number of benzene rings is 1. The van der Waals surface area contributed by atoms with Crippen LogP contribution in [0.1, 0.15) is 36.5 Å². The first-order valence-corrected chi connectivity index (χ1v) is 7.13. The zero-order valence-electron chi connectivity index (χ0n) is 11.9. The molecule has 0 amide bonds. The summed E-state index contributed by atoms with van der Waals surface area (Å²) in [4.78, 5) is 11.8. The van der Waals surface area contributed by atoms with Gasteiger partial charge in [-0.15, -0.1) is 0 Å². The van der Waals surface area contributed by atoms with Crippen molar-refractivity contribution in [1.29, 1.82) is 0 Å². The van der Waals surface area contributed by atoms with Gasteiger partial charge in [-0.25, -0.2) is 4.79 Å². The molecule has 1 aliphatic heterocycles. The van der Waals surface area contributed by atoms with E-state index >= 15 is 0 Å². The Labute approximate surface area is 119 Å². The summed E-state index contributed by atoms with van der Waals surface area (Å²) in [5, 5.41) is 3.29. The standard InChI is InChI=1S/C15H22N2O3/c1-2-19-15(18)13-9-11(6-7-14(13)16)17-10-12-5-3-4-8-20-12/h6-7,9,12,17H,2-5,8,10,16H2,1H3. The SMILES string of the molecule is CCOC(=O)c1cc(NCC2CCCCO2)ccc1N. The quantitative estimate of drug-likeness (QED) is 0.639. The average Bonchev–Trinajstić information content (AvgIpc) is 2.47. The number of carbonyl (C=O) groups excluding carboxylic acids is 1. The molecule has 1 aromatic carbocycles. The van der Waals surface area contributed by atoms with Gasteiger partial charge in [-0.2, -0.15) is 0 Å². The van der Waals surface area contributed by atoms with Crippen LogP contribution >= 0.6 is 0 Å². The average molecular weight is 278 g/mol. The minimum absolute atomic E-state index is 0.243. The number of anilines is 2. The van der Waals surface area contributed by atoms with Crippen molar-refractivity contribution < 1.29 is 14.3 Å². The van der Waals surface area contributed by atoms with Gasteiger partial charge in [0.15, 0.2) is 0 Å². The maximum atomic E-state index is 11.8. The molecule has 3 N–H and O–H groups in total. The van der Waals surface area contributed by atoms with E-state index < -0.39 is 0 Å². The van der Waals surface area contributed by atoms with Crippen molar-refractivity contribution in [1.82, 2.24) is 0 Å². The van der Waals surface area contributed by atoms with Crippen LogP contribution in [0.2, 0.25) is 0 Å². The van der Waals surface area contributed by atoms with Crippen molar-refractivity contribution in [3.63, 3.8) is 0 Å². The Hall–Kier alpha value is -1.75. The van der Waals surface area contributed by atoms with E-state index in [-0.39, 0.29) is 12.1 Å². The maximum absolute atomic E-state index is 11.8. The number of nitrogens with one attached hydrogen (secondary N) is 1. The van der Waals surface area contributed by atoms with Gasteiger partial charge in [0.05, 0.1) is 18.3 Å². The number of hydrogen-bond acceptors (Lipinski definition) is 5. The Morgan fingerprint density at radius 2 is 2.35 bits per heavy atom. The summed E-state index contributed by atoms with van der Waals surface area (Å²) in [5.74, 6) is -0.387. The number of ether oxygens (including phenoxy) is 2. The summed E-state index contributed by atoms with van der Waals surface area (Å²) in [5.41, 5.74) is 7.50. The first-order valence-electron chi connectivity index (χ1n) is 7.13. The molecule has 1 saturated heterocycles. The summed E-state index contributed by atoms with van der Waals surface area (Å²) >= 11 is 0. The zero-order valence-corrected chi connectivity index (χ0v) is 11.9. The lowest BCUT2D eigenvalue weighted by Crippen LogP contribution is -2.27. The third kappa shape index (κ3) is 3.87. The van der Waals surface area contributed by atoms with Gasteiger partial charge >= 0.3 is 5.97 Å². The fraction of sp³-hybridized carbons (Fsp3) is 0.533. The first kappa shape index (κ1) is 14.7. The van der Waals surface area contributed by atoms with Gasteiger partial charge in [-0.1, -0.05) is 0 Å². The number of nitrogen functional groups attached to an aromatic ring is 1. The van der Waals surface area contributed by atoms with Crippen LogP contribution in [0.3, 0.4) is 0 Å². The van der Waals surface area contributed by atoms with E-state index in [2.05, 4.69) is 5.32 Å². The van der Waals surface area contributed by atoms with Crippen molar-refractivity contribution >= 4 is 17.3 Å². The highest BCUT2D eigenvalue weighted by Crippen LogP contribution is 2.20. The highest BCUT2D eigenvalue weighted by Gasteiger charge is 2.15. The van der Waals surface area contributed by atoms with E-state index in [9.17, 15) is 4.79 Å². The molecule has 1 atom stereocenters. The van der Waals surface area contributed by atoms with Gasteiger partial charge in [0.2, 0.25) is 0 Å². The Kier molecular flexibility index (Phi) is 5.24. The summed E-state index contributed by atoms with van der Waals surface area (Å²) in [6, 6.07) is 5.31. The van der Waals surface area contributed by atoms with Crippen molar-refractivity contribution in [3.8, 4) is 0 Å². The number of rotatable bonds is 5. The molecular weight excluding hydrogens is 256 g/mol. The van der Waals surface area contributed by atoms with Gasteiger partial charge < -0.3 is 20.5 Å². The molecule has 0 aliphatic carbocycles. The second-order valence-electron chi connectivity index (χ2n) is 4.89. The van der Waals surface area contributed by atoms with Gasteiger partial charge in [-0.05, 0) is 44.4 Å². The summed E-state index contributed by atoms with van der Waals surface area (Å²) in [7, 11) is 0. The first-order chi connectivity index (χ1) is 9.70. The minimum Gasteiger partial charge on any atom is -0.462 e. The second kappa shape index (κ2) is 7.14. The molecule has 5 nitrogen and oxygen atoms in total. The summed E-state index contributed by atoms with van der Waals surface area (Å²) < 4.78 is 10.6. The highest BCUT2D eigenvalue weighted by molar-refractivity contribution is 5.96. The molecule has 110 valence electrons. The number of carbonyl (C=O) groups is 1. The minimum atomic E-state index is -0.387. The number of esters is 1. The number of hydrogen-bond donors (Lipinski definition) is 2. The van der Waals surface area contributed by atoms with Crippen LogP contribution in [-0.4, -0.2) is 31.8 Å². The van der Waals surface area contributed by atoms with Crippen LogP contribution in [0.25, 0.3) is 0 Å². The predicted octanol–water partition coefficient (Wildman–Crippen LogP) is 2.43. The zero-order chi connectivity index (χ0) is 14.4. The smallest absolute Gasteiger partial charge is 0.340 e. The van der Waals surface area contributed by atoms with E-state index in [1.165, 1.54) is 6.42 Å². The van der Waals surface area contributed by atoms with E-state index in [4.69, 9.17) is 15.2 Å². The van der Waals surface area contributed by atoms with Crippen LogP contribution in [0.15, 0.2) is 18.2 Å². The molecule has 0 aromatic heterocycles. The molecule has 0 saturated carbocycles. The Bertz CT molecular complexity index is 456. The van der Waals surface area contributed by atoms with Crippen LogP contribution in [-0.2, 0) is 9.47 Å². The molecule has 1 heterocycles. The number of nitrogens with two attached hydrogens (primary N) is 1. The molecule has 5 heteroatoms. The molecule has 0 bridgehead atoms. The van der Waals surface area contributed by atoms with E-state index in [0.717, 1.165) is 31.7 Å². The molecule has 20 heavy (non-hydrogen) atoms. The van der Waals surface area contributed by atoms with Crippen molar-refractivity contribution in [2.45, 2.75) is 32.3 Å². The molecule has 1 aliphatic rings. The fourth-order valence-electron chi connectivity index (χ4n) is 2.25. The topological polar surface area (TPSA) is 73.6 Å². The van der Waals surface area contributed by atoms with Crippen molar-refractivity contribution in [2.24, 2.45) is 0 Å². The Morgan fingerprint density at radius 1 is 1.50 bits per heavy atom. The lowest BCUT2D eigenvalue weighted by molar-refractivity contribution is 0.0247. The summed E-state index contributed by atoms with van der Waals surface area (Å²) in [6.07, 6.45) is 3.67.